The second kappa shape index (κ2) is 5.35. The molecule has 124 valence electrons. The highest BCUT2D eigenvalue weighted by molar-refractivity contribution is 5.46. The van der Waals surface area contributed by atoms with Crippen LogP contribution in [0.5, 0.6) is 5.75 Å². The molecule has 2 nitrogen and oxygen atoms in total. The van der Waals surface area contributed by atoms with Gasteiger partial charge in [-0.2, -0.15) is 0 Å². The largest absolute Gasteiger partial charge is 0.497 e. The molecule has 0 amide bonds. The predicted molar refractivity (Wildman–Crippen MR) is 96.8 cm³/mol. The molecule has 4 atom stereocenters. The molecule has 2 aromatic rings. The topological polar surface area (TPSA) is 21.3 Å². The third-order valence-electron chi connectivity index (χ3n) is 6.93. The van der Waals surface area contributed by atoms with Gasteiger partial charge in [0.2, 0.25) is 0 Å². The molecule has 1 saturated carbocycles. The Labute approximate surface area is 144 Å². The summed E-state index contributed by atoms with van der Waals surface area (Å²) in [5, 5.41) is 3.65. The van der Waals surface area contributed by atoms with Gasteiger partial charge < -0.3 is 10.1 Å². The first-order valence-corrected chi connectivity index (χ1v) is 9.24. The van der Waals surface area contributed by atoms with Gasteiger partial charge in [0.25, 0.3) is 0 Å². The van der Waals surface area contributed by atoms with Gasteiger partial charge in [0.15, 0.2) is 0 Å². The summed E-state index contributed by atoms with van der Waals surface area (Å²) < 4.78 is 5.34. The zero-order valence-corrected chi connectivity index (χ0v) is 14.3. The highest BCUT2D eigenvalue weighted by Gasteiger charge is 2.54. The van der Waals surface area contributed by atoms with Crippen molar-refractivity contribution in [3.05, 3.63) is 65.2 Å². The zero-order valence-electron chi connectivity index (χ0n) is 14.3. The lowest BCUT2D eigenvalue weighted by Crippen LogP contribution is -2.44. The summed E-state index contributed by atoms with van der Waals surface area (Å²) in [4.78, 5) is 0. The van der Waals surface area contributed by atoms with E-state index in [9.17, 15) is 0 Å². The summed E-state index contributed by atoms with van der Waals surface area (Å²) in [7, 11) is 1.74. The van der Waals surface area contributed by atoms with Crippen LogP contribution >= 0.6 is 0 Å². The van der Waals surface area contributed by atoms with E-state index in [1.807, 2.05) is 0 Å². The second-order valence-electron chi connectivity index (χ2n) is 7.90. The number of rotatable bonds is 2. The van der Waals surface area contributed by atoms with Gasteiger partial charge in [0, 0.05) is 6.54 Å². The van der Waals surface area contributed by atoms with Crippen LogP contribution in [0.15, 0.2) is 48.5 Å². The highest BCUT2D eigenvalue weighted by Crippen LogP contribution is 2.65. The first kappa shape index (κ1) is 14.5. The summed E-state index contributed by atoms with van der Waals surface area (Å²) in [6, 6.07) is 18.1. The van der Waals surface area contributed by atoms with E-state index in [2.05, 4.69) is 53.8 Å². The molecule has 0 aromatic heterocycles. The fourth-order valence-electron chi connectivity index (χ4n) is 5.79. The van der Waals surface area contributed by atoms with Gasteiger partial charge in [-0.3, -0.25) is 0 Å². The van der Waals surface area contributed by atoms with Gasteiger partial charge in [-0.25, -0.2) is 0 Å². The van der Waals surface area contributed by atoms with Gasteiger partial charge in [-0.15, -0.1) is 0 Å². The molecule has 4 aliphatic rings. The summed E-state index contributed by atoms with van der Waals surface area (Å²) in [6.45, 7) is 2.40. The minimum absolute atomic E-state index is 0.502. The van der Waals surface area contributed by atoms with Crippen molar-refractivity contribution < 1.29 is 4.74 Å². The third-order valence-corrected chi connectivity index (χ3v) is 6.93. The van der Waals surface area contributed by atoms with Crippen LogP contribution in [0.4, 0.5) is 0 Å². The van der Waals surface area contributed by atoms with Crippen LogP contribution < -0.4 is 10.1 Å². The van der Waals surface area contributed by atoms with Crippen molar-refractivity contribution in [2.24, 2.45) is 5.41 Å². The molecule has 2 bridgehead atoms. The smallest absolute Gasteiger partial charge is 0.118 e. The average molecular weight is 319 g/mol. The van der Waals surface area contributed by atoms with Crippen molar-refractivity contribution in [3.63, 3.8) is 0 Å². The first-order valence-electron chi connectivity index (χ1n) is 9.24. The van der Waals surface area contributed by atoms with Gasteiger partial charge >= 0.3 is 0 Å². The van der Waals surface area contributed by atoms with Crippen LogP contribution in [0.25, 0.3) is 0 Å². The Morgan fingerprint density at radius 3 is 2.50 bits per heavy atom. The maximum absolute atomic E-state index is 5.34. The number of ether oxygens (including phenoxy) is 1. The summed E-state index contributed by atoms with van der Waals surface area (Å²) >= 11 is 0. The number of hydrogen-bond acceptors (Lipinski definition) is 2. The van der Waals surface area contributed by atoms with Crippen LogP contribution in [-0.4, -0.2) is 20.2 Å². The van der Waals surface area contributed by atoms with Gasteiger partial charge in [0.05, 0.1) is 7.11 Å². The molecule has 1 N–H and O–H groups in total. The molecule has 1 spiro atoms. The van der Waals surface area contributed by atoms with E-state index in [4.69, 9.17) is 4.74 Å². The fraction of sp³-hybridized carbons (Fsp3) is 0.455. The van der Waals surface area contributed by atoms with E-state index in [0.29, 0.717) is 23.2 Å². The normalized spacial score (nSPS) is 33.6. The fourth-order valence-corrected chi connectivity index (χ4v) is 5.79. The lowest BCUT2D eigenvalue weighted by molar-refractivity contribution is 0.117. The van der Waals surface area contributed by atoms with E-state index in [0.717, 1.165) is 5.75 Å². The summed E-state index contributed by atoms with van der Waals surface area (Å²) in [6.07, 6.45) is 3.99. The molecule has 1 heterocycles. The molecule has 24 heavy (non-hydrogen) atoms. The van der Waals surface area contributed by atoms with E-state index < -0.39 is 0 Å². The van der Waals surface area contributed by atoms with E-state index >= 15 is 0 Å². The Morgan fingerprint density at radius 1 is 1.00 bits per heavy atom. The first-order chi connectivity index (χ1) is 11.8. The van der Waals surface area contributed by atoms with E-state index in [1.54, 1.807) is 18.2 Å². The monoisotopic (exact) mass is 319 g/mol. The molecule has 4 unspecified atom stereocenters. The van der Waals surface area contributed by atoms with Crippen LogP contribution in [0.2, 0.25) is 0 Å². The van der Waals surface area contributed by atoms with Gasteiger partial charge in [0.1, 0.15) is 5.75 Å². The van der Waals surface area contributed by atoms with Crippen LogP contribution in [0, 0.1) is 5.41 Å². The summed E-state index contributed by atoms with van der Waals surface area (Å²) in [5.74, 6) is 2.99. The Hall–Kier alpha value is -1.80. The minimum Gasteiger partial charge on any atom is -0.497 e. The number of nitrogens with one attached hydrogen (secondary N) is 1. The maximum atomic E-state index is 5.34. The number of benzene rings is 2. The molecule has 2 heteroatoms. The van der Waals surface area contributed by atoms with Crippen LogP contribution in [0.1, 0.15) is 53.7 Å². The Balaban J connectivity index is 1.57. The van der Waals surface area contributed by atoms with E-state index in [1.165, 1.54) is 37.9 Å². The molecule has 6 rings (SSSR count). The molecule has 0 radical (unpaired) electrons. The van der Waals surface area contributed by atoms with Crippen LogP contribution in [-0.2, 0) is 0 Å². The molecule has 2 aromatic carbocycles. The van der Waals surface area contributed by atoms with Crippen molar-refractivity contribution in [2.75, 3.05) is 20.2 Å². The van der Waals surface area contributed by atoms with Crippen molar-refractivity contribution in [1.29, 1.82) is 0 Å². The average Bonchev–Trinajstić information content (AvgIpc) is 3.10. The maximum Gasteiger partial charge on any atom is 0.118 e. The van der Waals surface area contributed by atoms with E-state index in [-0.39, 0.29) is 0 Å². The molecule has 1 aliphatic heterocycles. The van der Waals surface area contributed by atoms with Gasteiger partial charge in [-0.1, -0.05) is 36.4 Å². The molecule has 1 saturated heterocycles. The van der Waals surface area contributed by atoms with Crippen molar-refractivity contribution in [3.8, 4) is 5.75 Å². The van der Waals surface area contributed by atoms with Crippen LogP contribution in [0.3, 0.4) is 0 Å². The van der Waals surface area contributed by atoms with Crippen molar-refractivity contribution >= 4 is 0 Å². The quantitative estimate of drug-likeness (QED) is 0.884. The SMILES string of the molecule is COc1ccc(C2CC3c4ccccc4C2CC32CCNC2)cc1. The Kier molecular flexibility index (Phi) is 3.24. The molecule has 2 fully saturated rings. The lowest BCUT2D eigenvalue weighted by Gasteiger charge is -2.54. The Morgan fingerprint density at radius 2 is 1.79 bits per heavy atom. The predicted octanol–water partition coefficient (Wildman–Crippen LogP) is 4.43. The van der Waals surface area contributed by atoms with Crippen molar-refractivity contribution in [2.45, 2.75) is 37.0 Å². The second-order valence-corrected chi connectivity index (χ2v) is 7.90. The standard InChI is InChI=1S/C22H25NO/c1-24-16-8-6-15(7-9-16)19-12-21-18-5-3-2-4-17(18)20(19)13-22(21)10-11-23-14-22/h2-9,19-21,23H,10-14H2,1H3. The molecular weight excluding hydrogens is 294 g/mol. The minimum atomic E-state index is 0.502. The highest BCUT2D eigenvalue weighted by atomic mass is 16.5. The number of hydrogen-bond donors (Lipinski definition) is 1. The number of methoxy groups -OCH3 is 1. The third kappa shape index (κ3) is 1.99. The molecular formula is C22H25NO. The Bertz CT molecular complexity index is 745. The lowest BCUT2D eigenvalue weighted by atomic mass is 9.49. The zero-order chi connectivity index (χ0) is 16.1. The molecule has 3 aliphatic carbocycles. The van der Waals surface area contributed by atoms with Crippen molar-refractivity contribution in [1.82, 2.24) is 5.32 Å². The summed E-state index contributed by atoms with van der Waals surface area (Å²) in [5.41, 5.74) is 5.25. The van der Waals surface area contributed by atoms with Gasteiger partial charge in [-0.05, 0) is 77.8 Å². The number of fused-ring (bicyclic) bond motifs is 1.